The second-order valence-electron chi connectivity index (χ2n) is 5.35. The van der Waals surface area contributed by atoms with E-state index >= 15 is 0 Å². The van der Waals surface area contributed by atoms with Crippen LogP contribution in [0.1, 0.15) is 31.4 Å². The molecule has 0 spiro atoms. The molecule has 0 saturated carbocycles. The topological polar surface area (TPSA) is 54.2 Å². The first kappa shape index (κ1) is 16.1. The number of nitrogens with one attached hydrogen (secondary N) is 2. The lowest BCUT2D eigenvalue weighted by Gasteiger charge is -2.17. The van der Waals surface area contributed by atoms with Gasteiger partial charge in [0.2, 0.25) is 0 Å². The largest absolute Gasteiger partial charge is 0.354 e. The Balaban J connectivity index is 2.00. The highest BCUT2D eigenvalue weighted by Crippen LogP contribution is 2.10. The first-order valence-corrected chi connectivity index (χ1v) is 7.74. The van der Waals surface area contributed by atoms with Crippen LogP contribution in [-0.2, 0) is 13.1 Å². The van der Waals surface area contributed by atoms with Crippen LogP contribution in [0.5, 0.6) is 0 Å². The van der Waals surface area contributed by atoms with Gasteiger partial charge in [0.15, 0.2) is 5.96 Å². The fraction of sp³-hybridized carbons (Fsp3) is 0.412. The zero-order valence-corrected chi connectivity index (χ0v) is 13.6. The van der Waals surface area contributed by atoms with Crippen LogP contribution in [0.25, 0.3) is 0 Å². The summed E-state index contributed by atoms with van der Waals surface area (Å²) in [5, 5.41) is 11.0. The summed E-state index contributed by atoms with van der Waals surface area (Å²) in [7, 11) is 1.80. The summed E-state index contributed by atoms with van der Waals surface area (Å²) in [6, 6.07) is 10.8. The first-order chi connectivity index (χ1) is 10.7. The Morgan fingerprint density at radius 3 is 2.68 bits per heavy atom. The van der Waals surface area contributed by atoms with E-state index in [0.29, 0.717) is 6.04 Å². The minimum Gasteiger partial charge on any atom is -0.354 e. The molecule has 0 aliphatic rings. The molecule has 0 aliphatic carbocycles. The third-order valence-electron chi connectivity index (χ3n) is 3.68. The maximum absolute atomic E-state index is 4.27. The van der Waals surface area contributed by atoms with E-state index in [1.807, 2.05) is 16.9 Å². The maximum atomic E-state index is 4.27. The molecule has 0 fully saturated rings. The van der Waals surface area contributed by atoms with Crippen molar-refractivity contribution in [3.63, 3.8) is 0 Å². The van der Waals surface area contributed by atoms with Crippen molar-refractivity contribution in [2.75, 3.05) is 7.05 Å². The van der Waals surface area contributed by atoms with Crippen molar-refractivity contribution in [3.05, 3.63) is 53.9 Å². The Kier molecular flexibility index (Phi) is 6.01. The van der Waals surface area contributed by atoms with Crippen LogP contribution < -0.4 is 10.6 Å². The van der Waals surface area contributed by atoms with Crippen molar-refractivity contribution < 1.29 is 0 Å². The highest BCUT2D eigenvalue weighted by Gasteiger charge is 2.06. The molecule has 1 heterocycles. The normalized spacial score (nSPS) is 13.0. The van der Waals surface area contributed by atoms with Crippen LogP contribution in [0.4, 0.5) is 0 Å². The number of nitrogens with zero attached hydrogens (tertiary/aromatic N) is 3. The van der Waals surface area contributed by atoms with Crippen LogP contribution in [0.15, 0.2) is 47.7 Å². The van der Waals surface area contributed by atoms with E-state index in [-0.39, 0.29) is 0 Å². The highest BCUT2D eigenvalue weighted by atomic mass is 15.3. The summed E-state index contributed by atoms with van der Waals surface area (Å²) < 4.78 is 1.94. The minimum absolute atomic E-state index is 0.408. The van der Waals surface area contributed by atoms with E-state index < -0.39 is 0 Å². The number of benzene rings is 1. The fourth-order valence-corrected chi connectivity index (χ4v) is 2.16. The molecule has 2 N–H and O–H groups in total. The minimum atomic E-state index is 0.408. The van der Waals surface area contributed by atoms with E-state index in [9.17, 15) is 0 Å². The van der Waals surface area contributed by atoms with Gasteiger partial charge in [-0.25, -0.2) is 0 Å². The molecule has 5 heteroatoms. The summed E-state index contributed by atoms with van der Waals surface area (Å²) in [6.07, 6.45) is 4.85. The van der Waals surface area contributed by atoms with Crippen LogP contribution in [0.2, 0.25) is 0 Å². The summed E-state index contributed by atoms with van der Waals surface area (Å²) in [5.41, 5.74) is 2.52. The number of hydrogen-bond donors (Lipinski definition) is 2. The second-order valence-corrected chi connectivity index (χ2v) is 5.35. The molecule has 0 saturated heterocycles. The molecular weight excluding hydrogens is 274 g/mol. The maximum Gasteiger partial charge on any atom is 0.191 e. The monoisotopic (exact) mass is 299 g/mol. The number of guanidine groups is 1. The third-order valence-corrected chi connectivity index (χ3v) is 3.68. The van der Waals surface area contributed by atoms with Gasteiger partial charge in [0.05, 0.1) is 6.54 Å². The van der Waals surface area contributed by atoms with Crippen LogP contribution in [-0.4, -0.2) is 28.8 Å². The molecule has 0 aliphatic heterocycles. The molecule has 5 nitrogen and oxygen atoms in total. The lowest BCUT2D eigenvalue weighted by Crippen LogP contribution is -2.41. The lowest BCUT2D eigenvalue weighted by molar-refractivity contribution is 0.622. The van der Waals surface area contributed by atoms with Gasteiger partial charge >= 0.3 is 0 Å². The van der Waals surface area contributed by atoms with Gasteiger partial charge < -0.3 is 10.6 Å². The van der Waals surface area contributed by atoms with E-state index in [0.717, 1.165) is 25.5 Å². The fourth-order valence-electron chi connectivity index (χ4n) is 2.16. The number of hydrogen-bond acceptors (Lipinski definition) is 2. The zero-order chi connectivity index (χ0) is 15.8. The van der Waals surface area contributed by atoms with Gasteiger partial charge in [-0.15, -0.1) is 0 Å². The standard InChI is InChI=1S/C17H25N5/c1-4-14(2)21-17(18-3)19-12-15-8-5-6-9-16(15)13-22-11-7-10-20-22/h5-11,14H,4,12-13H2,1-3H3,(H2,18,19,21). The van der Waals surface area contributed by atoms with E-state index in [1.54, 1.807) is 13.2 Å². The average Bonchev–Trinajstić information content (AvgIpc) is 3.05. The first-order valence-electron chi connectivity index (χ1n) is 7.74. The lowest BCUT2D eigenvalue weighted by atomic mass is 10.1. The van der Waals surface area contributed by atoms with Gasteiger partial charge in [-0.05, 0) is 30.5 Å². The summed E-state index contributed by atoms with van der Waals surface area (Å²) >= 11 is 0. The van der Waals surface area contributed by atoms with Crippen molar-refractivity contribution in [3.8, 4) is 0 Å². The molecule has 1 atom stereocenters. The molecule has 2 aromatic rings. The quantitative estimate of drug-likeness (QED) is 0.636. The van der Waals surface area contributed by atoms with E-state index in [4.69, 9.17) is 0 Å². The predicted molar refractivity (Wildman–Crippen MR) is 90.9 cm³/mol. The Hall–Kier alpha value is -2.30. The molecule has 1 aromatic heterocycles. The summed E-state index contributed by atoms with van der Waals surface area (Å²) in [5.74, 6) is 0.836. The van der Waals surface area contributed by atoms with Crippen molar-refractivity contribution in [2.45, 2.75) is 39.4 Å². The molecular formula is C17H25N5. The molecule has 0 amide bonds. The van der Waals surface area contributed by atoms with Crippen molar-refractivity contribution >= 4 is 5.96 Å². The molecule has 0 radical (unpaired) electrons. The molecule has 2 rings (SSSR count). The Morgan fingerprint density at radius 1 is 1.27 bits per heavy atom. The average molecular weight is 299 g/mol. The van der Waals surface area contributed by atoms with Gasteiger partial charge in [0.25, 0.3) is 0 Å². The zero-order valence-electron chi connectivity index (χ0n) is 13.6. The smallest absolute Gasteiger partial charge is 0.191 e. The highest BCUT2D eigenvalue weighted by molar-refractivity contribution is 5.79. The molecule has 0 bridgehead atoms. The van der Waals surface area contributed by atoms with Gasteiger partial charge in [-0.1, -0.05) is 31.2 Å². The van der Waals surface area contributed by atoms with Crippen molar-refractivity contribution in [1.82, 2.24) is 20.4 Å². The molecule has 118 valence electrons. The summed E-state index contributed by atoms with van der Waals surface area (Å²) in [6.45, 7) is 5.83. The van der Waals surface area contributed by atoms with Gasteiger partial charge in [0, 0.05) is 32.0 Å². The molecule has 1 unspecified atom stereocenters. The Labute approximate surface area is 132 Å². The van der Waals surface area contributed by atoms with E-state index in [2.05, 4.69) is 58.8 Å². The number of aliphatic imine (C=N–C) groups is 1. The predicted octanol–water partition coefficient (Wildman–Crippen LogP) is 2.39. The summed E-state index contributed by atoms with van der Waals surface area (Å²) in [4.78, 5) is 4.27. The molecule has 1 aromatic carbocycles. The van der Waals surface area contributed by atoms with E-state index in [1.165, 1.54) is 11.1 Å². The molecule has 22 heavy (non-hydrogen) atoms. The Morgan fingerprint density at radius 2 is 2.05 bits per heavy atom. The third kappa shape index (κ3) is 4.62. The SMILES string of the molecule is CCC(C)NC(=NC)NCc1ccccc1Cn1cccn1. The van der Waals surface area contributed by atoms with Gasteiger partial charge in [-0.3, -0.25) is 9.67 Å². The van der Waals surface area contributed by atoms with Gasteiger partial charge in [-0.2, -0.15) is 5.10 Å². The van der Waals surface area contributed by atoms with Gasteiger partial charge in [0.1, 0.15) is 0 Å². The van der Waals surface area contributed by atoms with Crippen molar-refractivity contribution in [1.29, 1.82) is 0 Å². The number of rotatable bonds is 6. The van der Waals surface area contributed by atoms with Crippen LogP contribution >= 0.6 is 0 Å². The van der Waals surface area contributed by atoms with Crippen LogP contribution in [0.3, 0.4) is 0 Å². The van der Waals surface area contributed by atoms with Crippen LogP contribution in [0, 0.1) is 0 Å². The van der Waals surface area contributed by atoms with Crippen molar-refractivity contribution in [2.24, 2.45) is 4.99 Å². The Bertz CT molecular complexity index is 589. The second kappa shape index (κ2) is 8.22. The number of aromatic nitrogens is 2.